The molecule has 39 heavy (non-hydrogen) atoms. The Kier molecular flexibility index (Phi) is 5.67. The first-order valence-corrected chi connectivity index (χ1v) is 13.5. The number of aliphatic hydroxyl groups is 1. The molecule has 1 unspecified atom stereocenters. The van der Waals surface area contributed by atoms with Crippen molar-refractivity contribution in [3.8, 4) is 17.2 Å². The highest BCUT2D eigenvalue weighted by Crippen LogP contribution is 2.47. The van der Waals surface area contributed by atoms with Gasteiger partial charge < -0.3 is 29.0 Å². The van der Waals surface area contributed by atoms with Gasteiger partial charge in [0, 0.05) is 31.0 Å². The van der Waals surface area contributed by atoms with Crippen LogP contribution in [0.4, 0.5) is 5.69 Å². The van der Waals surface area contributed by atoms with Gasteiger partial charge in [-0.2, -0.15) is 8.75 Å². The van der Waals surface area contributed by atoms with Gasteiger partial charge in [-0.3, -0.25) is 0 Å². The van der Waals surface area contributed by atoms with Crippen LogP contribution in [0.25, 0.3) is 16.6 Å². The maximum atomic E-state index is 13.5. The molecule has 10 heteroatoms. The van der Waals surface area contributed by atoms with Gasteiger partial charge in [0.2, 0.25) is 0 Å². The molecule has 0 fully saturated rings. The molecule has 0 saturated carbocycles. The van der Waals surface area contributed by atoms with Gasteiger partial charge in [-0.1, -0.05) is 12.1 Å². The fourth-order valence-electron chi connectivity index (χ4n) is 5.29. The summed E-state index contributed by atoms with van der Waals surface area (Å²) in [5.41, 5.74) is 5.02. The molecular formula is C29H25N3O6S. The number of hydrogen-bond acceptors (Lipinski definition) is 10. The van der Waals surface area contributed by atoms with E-state index in [4.69, 9.17) is 18.9 Å². The number of nitrogens with zero attached hydrogens (tertiary/aromatic N) is 3. The van der Waals surface area contributed by atoms with Crippen LogP contribution in [0.15, 0.2) is 60.2 Å². The van der Waals surface area contributed by atoms with E-state index in [1.807, 2.05) is 43.4 Å². The summed E-state index contributed by atoms with van der Waals surface area (Å²) in [7, 11) is 2.02. The zero-order valence-corrected chi connectivity index (χ0v) is 22.0. The molecule has 0 spiro atoms. The molecule has 3 aliphatic heterocycles. The lowest BCUT2D eigenvalue weighted by Crippen LogP contribution is -2.30. The summed E-state index contributed by atoms with van der Waals surface area (Å²) in [5, 5.41) is 12.2. The standard InChI is InChI=1S/C29H25N3O6S/c1-32-9-12-37-24-7-3-17(14-23(24)32)13-20-27(18-4-6-21-22(15-18)31-39-30-21)28(33)38-29(20,34)19-5-8-25-26(16-19)36-11-2-10-35-25/h3-8,14-16,34H,2,9-13H2,1H3. The van der Waals surface area contributed by atoms with Crippen LogP contribution in [0, 0.1) is 0 Å². The number of anilines is 1. The van der Waals surface area contributed by atoms with E-state index in [1.54, 1.807) is 18.2 Å². The van der Waals surface area contributed by atoms with E-state index in [9.17, 15) is 9.90 Å². The summed E-state index contributed by atoms with van der Waals surface area (Å²) in [6, 6.07) is 16.5. The Balaban J connectivity index is 1.38. The summed E-state index contributed by atoms with van der Waals surface area (Å²) in [6.45, 7) is 2.44. The van der Waals surface area contributed by atoms with E-state index in [1.165, 1.54) is 0 Å². The Bertz CT molecular complexity index is 1650. The van der Waals surface area contributed by atoms with Crippen molar-refractivity contribution in [2.75, 3.05) is 38.3 Å². The Morgan fingerprint density at radius 1 is 0.923 bits per heavy atom. The minimum absolute atomic E-state index is 0.264. The number of carbonyl (C=O) groups is 1. The summed E-state index contributed by atoms with van der Waals surface area (Å²) in [5.74, 6) is -0.718. The molecule has 4 aromatic rings. The van der Waals surface area contributed by atoms with Crippen LogP contribution >= 0.6 is 11.7 Å². The molecule has 0 aliphatic carbocycles. The fourth-order valence-corrected chi connectivity index (χ4v) is 5.81. The fraction of sp³-hybridized carbons (Fsp3) is 0.276. The van der Waals surface area contributed by atoms with Crippen LogP contribution in [0.1, 0.15) is 23.1 Å². The van der Waals surface area contributed by atoms with Crippen LogP contribution in [0.2, 0.25) is 0 Å². The van der Waals surface area contributed by atoms with Crippen LogP contribution in [-0.4, -0.2) is 53.2 Å². The average molecular weight is 544 g/mol. The molecular weight excluding hydrogens is 518 g/mol. The van der Waals surface area contributed by atoms with Crippen molar-refractivity contribution >= 4 is 40.0 Å². The van der Waals surface area contributed by atoms with Crippen LogP contribution in [0.5, 0.6) is 17.2 Å². The van der Waals surface area contributed by atoms with Crippen molar-refractivity contribution in [2.45, 2.75) is 18.6 Å². The highest BCUT2D eigenvalue weighted by Gasteiger charge is 2.48. The normalized spacial score (nSPS) is 20.5. The maximum Gasteiger partial charge on any atom is 0.342 e. The predicted molar refractivity (Wildman–Crippen MR) is 145 cm³/mol. The quantitative estimate of drug-likeness (QED) is 0.382. The summed E-state index contributed by atoms with van der Waals surface area (Å²) < 4.78 is 31.9. The zero-order valence-electron chi connectivity index (χ0n) is 21.2. The van der Waals surface area contributed by atoms with E-state index >= 15 is 0 Å². The number of rotatable bonds is 4. The number of ether oxygens (including phenoxy) is 4. The minimum Gasteiger partial charge on any atom is -0.490 e. The monoisotopic (exact) mass is 543 g/mol. The molecule has 0 bridgehead atoms. The van der Waals surface area contributed by atoms with Crippen molar-refractivity contribution in [1.29, 1.82) is 0 Å². The molecule has 0 amide bonds. The number of likely N-dealkylation sites (N-methyl/N-ethyl adjacent to an activating group) is 1. The number of cyclic esters (lactones) is 1. The predicted octanol–water partition coefficient (Wildman–Crippen LogP) is 4.08. The second-order valence-corrected chi connectivity index (χ2v) is 10.3. The number of fused-ring (bicyclic) bond motifs is 3. The molecule has 1 atom stereocenters. The summed E-state index contributed by atoms with van der Waals surface area (Å²) in [6.07, 6.45) is 1.02. The topological polar surface area (TPSA) is 103 Å². The van der Waals surface area contributed by atoms with Gasteiger partial charge in [0.05, 0.1) is 42.7 Å². The Labute approximate surface area is 228 Å². The Hall–Kier alpha value is -4.15. The van der Waals surface area contributed by atoms with E-state index in [2.05, 4.69) is 13.6 Å². The highest BCUT2D eigenvalue weighted by molar-refractivity contribution is 7.00. The van der Waals surface area contributed by atoms with E-state index in [0.717, 1.165) is 47.2 Å². The second kappa shape index (κ2) is 9.25. The number of aromatic nitrogens is 2. The van der Waals surface area contributed by atoms with E-state index < -0.39 is 11.8 Å². The number of carbonyl (C=O) groups excluding carboxylic acids is 1. The molecule has 1 aromatic heterocycles. The molecule has 0 saturated heterocycles. The number of esters is 1. The van der Waals surface area contributed by atoms with Crippen LogP contribution in [-0.2, 0) is 21.7 Å². The lowest BCUT2D eigenvalue weighted by molar-refractivity contribution is -0.185. The van der Waals surface area contributed by atoms with Crippen molar-refractivity contribution in [1.82, 2.24) is 8.75 Å². The molecule has 7 rings (SSSR count). The van der Waals surface area contributed by atoms with Gasteiger partial charge in [-0.25, -0.2) is 4.79 Å². The van der Waals surface area contributed by atoms with Gasteiger partial charge >= 0.3 is 5.97 Å². The third-order valence-electron chi connectivity index (χ3n) is 7.34. The van der Waals surface area contributed by atoms with Gasteiger partial charge in [-0.15, -0.1) is 0 Å². The third kappa shape index (κ3) is 4.07. The molecule has 0 radical (unpaired) electrons. The lowest BCUT2D eigenvalue weighted by Gasteiger charge is -2.29. The minimum atomic E-state index is -2.01. The van der Waals surface area contributed by atoms with Gasteiger partial charge in [0.1, 0.15) is 23.4 Å². The number of hydrogen-bond donors (Lipinski definition) is 1. The maximum absolute atomic E-state index is 13.5. The van der Waals surface area contributed by atoms with Crippen molar-refractivity contribution in [3.63, 3.8) is 0 Å². The summed E-state index contributed by atoms with van der Waals surface area (Å²) in [4.78, 5) is 15.6. The molecule has 9 nitrogen and oxygen atoms in total. The third-order valence-corrected chi connectivity index (χ3v) is 7.89. The second-order valence-electron chi connectivity index (χ2n) is 9.82. The van der Waals surface area contributed by atoms with Gasteiger partial charge in [0.25, 0.3) is 5.79 Å². The molecule has 1 N–H and O–H groups in total. The SMILES string of the molecule is CN1CCOc2ccc(CC3=C(c4ccc5nsnc5c4)C(=O)OC3(O)c3ccc4c(c3)OCCCO4)cc21. The molecule has 198 valence electrons. The first-order valence-electron chi connectivity index (χ1n) is 12.8. The van der Waals surface area contributed by atoms with E-state index in [0.29, 0.717) is 59.1 Å². The van der Waals surface area contributed by atoms with Crippen molar-refractivity contribution in [3.05, 3.63) is 76.9 Å². The largest absolute Gasteiger partial charge is 0.490 e. The average Bonchev–Trinajstić information content (AvgIpc) is 3.41. The smallest absolute Gasteiger partial charge is 0.342 e. The van der Waals surface area contributed by atoms with E-state index in [-0.39, 0.29) is 6.42 Å². The molecule has 3 aliphatic rings. The van der Waals surface area contributed by atoms with Crippen molar-refractivity contribution in [2.24, 2.45) is 0 Å². The van der Waals surface area contributed by atoms with Gasteiger partial charge in [-0.05, 0) is 53.6 Å². The Morgan fingerprint density at radius 2 is 1.72 bits per heavy atom. The van der Waals surface area contributed by atoms with Gasteiger partial charge in [0.15, 0.2) is 11.5 Å². The highest BCUT2D eigenvalue weighted by atomic mass is 32.1. The first-order chi connectivity index (χ1) is 19.0. The Morgan fingerprint density at radius 3 is 2.62 bits per heavy atom. The van der Waals surface area contributed by atoms with Crippen molar-refractivity contribution < 1.29 is 28.8 Å². The first kappa shape index (κ1) is 23.9. The van der Waals surface area contributed by atoms with Crippen LogP contribution in [0.3, 0.4) is 0 Å². The lowest BCUT2D eigenvalue weighted by atomic mass is 9.87. The number of benzene rings is 3. The molecule has 4 heterocycles. The van der Waals surface area contributed by atoms with Crippen LogP contribution < -0.4 is 19.1 Å². The zero-order chi connectivity index (χ0) is 26.6. The summed E-state index contributed by atoms with van der Waals surface area (Å²) >= 11 is 1.11. The molecule has 3 aromatic carbocycles.